The number of hydrogen-bond donors (Lipinski definition) is 2. The summed E-state index contributed by atoms with van der Waals surface area (Å²) in [5.41, 5.74) is 6.29. The van der Waals surface area contributed by atoms with E-state index in [0.717, 1.165) is 10.8 Å². The zero-order valence-electron chi connectivity index (χ0n) is 14.6. The van der Waals surface area contributed by atoms with Crippen molar-refractivity contribution in [1.82, 2.24) is 0 Å². The van der Waals surface area contributed by atoms with Crippen LogP contribution in [0.2, 0.25) is 0 Å². The van der Waals surface area contributed by atoms with Gasteiger partial charge in [0.15, 0.2) is 6.10 Å². The molecule has 1 unspecified atom stereocenters. The summed E-state index contributed by atoms with van der Waals surface area (Å²) in [7, 11) is 0. The molecule has 0 heterocycles. The summed E-state index contributed by atoms with van der Waals surface area (Å²) in [4.78, 5) is 35.5. The summed E-state index contributed by atoms with van der Waals surface area (Å²) >= 11 is 0. The Bertz CT molecular complexity index is 1010. The number of carbonyl (C=O) groups excluding carboxylic acids is 3. The number of primary amides is 1. The Morgan fingerprint density at radius 1 is 0.889 bits per heavy atom. The maximum atomic E-state index is 12.3. The number of nitrogens with one attached hydrogen (secondary N) is 1. The molecule has 0 saturated carbocycles. The number of hydrogen-bond acceptors (Lipinski definition) is 4. The molecule has 0 aliphatic rings. The first-order valence-corrected chi connectivity index (χ1v) is 8.34. The standard InChI is InChI=1S/C21H18N2O4/c1-13(27-21(26)16-8-6-15(7-9-16)19(22)24)20(25)23-18-11-10-14-4-2-3-5-17(14)12-18/h2-13H,1H3,(H2,22,24)(H,23,25). The highest BCUT2D eigenvalue weighted by Gasteiger charge is 2.19. The molecule has 3 aromatic rings. The Hall–Kier alpha value is -3.67. The second kappa shape index (κ2) is 7.70. The number of carbonyl (C=O) groups is 3. The highest BCUT2D eigenvalue weighted by Crippen LogP contribution is 2.19. The molecular weight excluding hydrogens is 344 g/mol. The molecule has 3 aromatic carbocycles. The van der Waals surface area contributed by atoms with E-state index in [1.807, 2.05) is 36.4 Å². The van der Waals surface area contributed by atoms with E-state index in [-0.39, 0.29) is 11.1 Å². The largest absolute Gasteiger partial charge is 0.449 e. The second-order valence-corrected chi connectivity index (χ2v) is 6.04. The molecular formula is C21H18N2O4. The van der Waals surface area contributed by atoms with Crippen LogP contribution in [0.1, 0.15) is 27.6 Å². The van der Waals surface area contributed by atoms with Gasteiger partial charge in [-0.15, -0.1) is 0 Å². The van der Waals surface area contributed by atoms with Gasteiger partial charge in [0.1, 0.15) is 0 Å². The fourth-order valence-corrected chi connectivity index (χ4v) is 2.56. The van der Waals surface area contributed by atoms with Crippen molar-refractivity contribution in [3.05, 3.63) is 77.9 Å². The van der Waals surface area contributed by atoms with Crippen molar-refractivity contribution in [2.24, 2.45) is 5.73 Å². The van der Waals surface area contributed by atoms with E-state index < -0.39 is 23.9 Å². The van der Waals surface area contributed by atoms with Crippen LogP contribution in [0.15, 0.2) is 66.7 Å². The number of nitrogens with two attached hydrogens (primary N) is 1. The van der Waals surface area contributed by atoms with E-state index in [1.165, 1.54) is 31.2 Å². The summed E-state index contributed by atoms with van der Waals surface area (Å²) in [5, 5.41) is 4.80. The normalized spacial score (nSPS) is 11.6. The van der Waals surface area contributed by atoms with Gasteiger partial charge in [-0.1, -0.05) is 30.3 Å². The number of amides is 2. The Morgan fingerprint density at radius 3 is 2.19 bits per heavy atom. The molecule has 2 amide bonds. The van der Waals surface area contributed by atoms with E-state index in [2.05, 4.69) is 5.32 Å². The van der Waals surface area contributed by atoms with Crippen molar-refractivity contribution in [3.63, 3.8) is 0 Å². The van der Waals surface area contributed by atoms with E-state index in [4.69, 9.17) is 10.5 Å². The lowest BCUT2D eigenvalue weighted by molar-refractivity contribution is -0.123. The number of ether oxygens (including phenoxy) is 1. The van der Waals surface area contributed by atoms with E-state index in [9.17, 15) is 14.4 Å². The molecule has 0 aromatic heterocycles. The maximum absolute atomic E-state index is 12.3. The first kappa shape index (κ1) is 18.1. The van der Waals surface area contributed by atoms with Crippen molar-refractivity contribution in [1.29, 1.82) is 0 Å². The van der Waals surface area contributed by atoms with Gasteiger partial charge in [0.05, 0.1) is 5.56 Å². The summed E-state index contributed by atoms with van der Waals surface area (Å²) in [6, 6.07) is 19.0. The van der Waals surface area contributed by atoms with Gasteiger partial charge in [-0.3, -0.25) is 9.59 Å². The minimum Gasteiger partial charge on any atom is -0.449 e. The number of fused-ring (bicyclic) bond motifs is 1. The smallest absolute Gasteiger partial charge is 0.338 e. The van der Waals surface area contributed by atoms with Crippen LogP contribution < -0.4 is 11.1 Å². The van der Waals surface area contributed by atoms with Crippen molar-refractivity contribution < 1.29 is 19.1 Å². The Morgan fingerprint density at radius 2 is 1.52 bits per heavy atom. The van der Waals surface area contributed by atoms with Crippen LogP contribution >= 0.6 is 0 Å². The van der Waals surface area contributed by atoms with Crippen LogP contribution in [0.3, 0.4) is 0 Å². The van der Waals surface area contributed by atoms with Crippen molar-refractivity contribution >= 4 is 34.2 Å². The van der Waals surface area contributed by atoms with Crippen LogP contribution in [-0.4, -0.2) is 23.9 Å². The van der Waals surface area contributed by atoms with Gasteiger partial charge in [0.2, 0.25) is 5.91 Å². The molecule has 27 heavy (non-hydrogen) atoms. The Balaban J connectivity index is 1.63. The lowest BCUT2D eigenvalue weighted by Gasteiger charge is -2.14. The van der Waals surface area contributed by atoms with Gasteiger partial charge in [-0.2, -0.15) is 0 Å². The molecule has 6 heteroatoms. The zero-order chi connectivity index (χ0) is 19.4. The minimum atomic E-state index is -0.986. The molecule has 0 saturated heterocycles. The van der Waals surface area contributed by atoms with Gasteiger partial charge in [-0.05, 0) is 54.1 Å². The first-order chi connectivity index (χ1) is 12.9. The predicted octanol–water partition coefficient (Wildman–Crippen LogP) is 3.12. The zero-order valence-corrected chi connectivity index (χ0v) is 14.6. The van der Waals surface area contributed by atoms with Crippen molar-refractivity contribution in [2.45, 2.75) is 13.0 Å². The minimum absolute atomic E-state index is 0.227. The van der Waals surface area contributed by atoms with E-state index in [1.54, 1.807) is 6.07 Å². The van der Waals surface area contributed by atoms with Crippen molar-refractivity contribution in [2.75, 3.05) is 5.32 Å². The van der Waals surface area contributed by atoms with Crippen LogP contribution in [0, 0.1) is 0 Å². The fraction of sp³-hybridized carbons (Fsp3) is 0.0952. The van der Waals surface area contributed by atoms with Crippen LogP contribution in [0.5, 0.6) is 0 Å². The van der Waals surface area contributed by atoms with Crippen molar-refractivity contribution in [3.8, 4) is 0 Å². The molecule has 1 atom stereocenters. The molecule has 0 radical (unpaired) electrons. The summed E-state index contributed by atoms with van der Waals surface area (Å²) < 4.78 is 5.19. The van der Waals surface area contributed by atoms with Crippen LogP contribution in [0.4, 0.5) is 5.69 Å². The van der Waals surface area contributed by atoms with E-state index >= 15 is 0 Å². The monoisotopic (exact) mass is 362 g/mol. The van der Waals surface area contributed by atoms with Gasteiger partial charge in [0.25, 0.3) is 5.91 Å². The average Bonchev–Trinajstić information content (AvgIpc) is 2.67. The Labute approximate surface area is 155 Å². The Kier molecular flexibility index (Phi) is 5.17. The lowest BCUT2D eigenvalue weighted by atomic mass is 10.1. The highest BCUT2D eigenvalue weighted by atomic mass is 16.5. The van der Waals surface area contributed by atoms with Crippen LogP contribution in [-0.2, 0) is 9.53 Å². The van der Waals surface area contributed by atoms with Gasteiger partial charge in [-0.25, -0.2) is 4.79 Å². The molecule has 3 N–H and O–H groups in total. The fourth-order valence-electron chi connectivity index (χ4n) is 2.56. The van der Waals surface area contributed by atoms with Crippen LogP contribution in [0.25, 0.3) is 10.8 Å². The topological polar surface area (TPSA) is 98.5 Å². The highest BCUT2D eigenvalue weighted by molar-refractivity contribution is 5.99. The molecule has 3 rings (SSSR count). The number of anilines is 1. The molecule has 136 valence electrons. The van der Waals surface area contributed by atoms with Gasteiger partial charge in [0, 0.05) is 11.3 Å². The first-order valence-electron chi connectivity index (χ1n) is 8.34. The third-order valence-corrected chi connectivity index (χ3v) is 4.08. The quantitative estimate of drug-likeness (QED) is 0.681. The SMILES string of the molecule is CC(OC(=O)c1ccc(C(N)=O)cc1)C(=O)Nc1ccc2ccccc2c1. The molecule has 0 bridgehead atoms. The predicted molar refractivity (Wildman–Crippen MR) is 102 cm³/mol. The number of rotatable bonds is 5. The lowest BCUT2D eigenvalue weighted by Crippen LogP contribution is -2.30. The summed E-state index contributed by atoms with van der Waals surface area (Å²) in [6.45, 7) is 1.49. The third-order valence-electron chi connectivity index (χ3n) is 4.08. The molecule has 0 spiro atoms. The second-order valence-electron chi connectivity index (χ2n) is 6.04. The average molecular weight is 362 g/mol. The molecule has 0 aliphatic carbocycles. The molecule has 0 aliphatic heterocycles. The molecule has 6 nitrogen and oxygen atoms in total. The summed E-state index contributed by atoms with van der Waals surface area (Å²) in [5.74, 6) is -1.68. The molecule has 0 fully saturated rings. The van der Waals surface area contributed by atoms with Gasteiger partial charge < -0.3 is 15.8 Å². The van der Waals surface area contributed by atoms with E-state index in [0.29, 0.717) is 5.69 Å². The number of benzene rings is 3. The van der Waals surface area contributed by atoms with Gasteiger partial charge >= 0.3 is 5.97 Å². The summed E-state index contributed by atoms with van der Waals surface area (Å²) in [6.07, 6.45) is -0.986. The number of esters is 1. The maximum Gasteiger partial charge on any atom is 0.338 e. The third kappa shape index (κ3) is 4.30.